The summed E-state index contributed by atoms with van der Waals surface area (Å²) in [5.41, 5.74) is 0.153. The fourth-order valence-electron chi connectivity index (χ4n) is 2.52. The van der Waals surface area contributed by atoms with Crippen molar-refractivity contribution in [3.8, 4) is 6.07 Å². The number of carbonyl (C=O) groups is 2. The van der Waals surface area contributed by atoms with E-state index in [9.17, 15) is 18.4 Å². The summed E-state index contributed by atoms with van der Waals surface area (Å²) in [6.45, 7) is 0. The van der Waals surface area contributed by atoms with E-state index in [0.29, 0.717) is 11.3 Å². The Morgan fingerprint density at radius 3 is 2.20 bits per heavy atom. The van der Waals surface area contributed by atoms with Crippen molar-refractivity contribution >= 4 is 23.2 Å². The molecule has 126 valence electrons. The molecule has 1 fully saturated rings. The summed E-state index contributed by atoms with van der Waals surface area (Å²) < 4.78 is 27.1. The smallest absolute Gasteiger partial charge is 0.228 e. The van der Waals surface area contributed by atoms with E-state index < -0.39 is 41.0 Å². The van der Waals surface area contributed by atoms with Gasteiger partial charge in [0.25, 0.3) is 0 Å². The quantitative estimate of drug-likeness (QED) is 0.897. The zero-order valence-electron chi connectivity index (χ0n) is 12.9. The van der Waals surface area contributed by atoms with E-state index in [1.54, 1.807) is 24.3 Å². The summed E-state index contributed by atoms with van der Waals surface area (Å²) >= 11 is 0. The third kappa shape index (κ3) is 3.48. The predicted octanol–water partition coefficient (Wildman–Crippen LogP) is 3.05. The molecular formula is C18H13F2N3O2. The van der Waals surface area contributed by atoms with Crippen LogP contribution in [0.25, 0.3) is 0 Å². The van der Waals surface area contributed by atoms with Crippen LogP contribution in [0.2, 0.25) is 0 Å². The van der Waals surface area contributed by atoms with Crippen LogP contribution in [0, 0.1) is 34.8 Å². The van der Waals surface area contributed by atoms with Gasteiger partial charge in [-0.1, -0.05) is 18.2 Å². The Hall–Kier alpha value is -3.27. The van der Waals surface area contributed by atoms with Crippen molar-refractivity contribution in [2.75, 3.05) is 10.6 Å². The second kappa shape index (κ2) is 6.69. The minimum Gasteiger partial charge on any atom is -0.325 e. The number of amides is 2. The van der Waals surface area contributed by atoms with Gasteiger partial charge in [0.2, 0.25) is 11.8 Å². The predicted molar refractivity (Wildman–Crippen MR) is 86.4 cm³/mol. The second-order valence-electron chi connectivity index (χ2n) is 5.68. The third-order valence-corrected chi connectivity index (χ3v) is 3.98. The van der Waals surface area contributed by atoms with Gasteiger partial charge in [0, 0.05) is 0 Å². The Morgan fingerprint density at radius 2 is 1.56 bits per heavy atom. The van der Waals surface area contributed by atoms with E-state index in [1.807, 2.05) is 6.07 Å². The van der Waals surface area contributed by atoms with Crippen molar-refractivity contribution in [2.24, 2.45) is 11.8 Å². The van der Waals surface area contributed by atoms with Gasteiger partial charge in [-0.15, -0.1) is 0 Å². The number of para-hydroxylation sites is 2. The molecule has 0 spiro atoms. The molecule has 7 heteroatoms. The van der Waals surface area contributed by atoms with E-state index in [2.05, 4.69) is 10.6 Å². The van der Waals surface area contributed by atoms with E-state index in [1.165, 1.54) is 6.07 Å². The number of rotatable bonds is 4. The lowest BCUT2D eigenvalue weighted by Gasteiger charge is -2.08. The van der Waals surface area contributed by atoms with Crippen LogP contribution < -0.4 is 10.6 Å². The van der Waals surface area contributed by atoms with Crippen LogP contribution in [0.3, 0.4) is 0 Å². The molecule has 3 rings (SSSR count). The standard InChI is InChI=1S/C18H13F2N3O2/c19-13-5-3-6-14(20)16(13)23-18(25)12-8-11(12)17(24)22-15-7-2-1-4-10(15)9-21/h1-7,11-12H,8H2,(H,22,24)(H,23,25). The Bertz CT molecular complexity index is 872. The van der Waals surface area contributed by atoms with Crippen LogP contribution in [-0.4, -0.2) is 11.8 Å². The molecule has 0 bridgehead atoms. The number of nitriles is 1. The number of hydrogen-bond donors (Lipinski definition) is 2. The van der Waals surface area contributed by atoms with Crippen LogP contribution in [0.4, 0.5) is 20.2 Å². The topological polar surface area (TPSA) is 82.0 Å². The highest BCUT2D eigenvalue weighted by Gasteiger charge is 2.48. The number of nitrogens with zero attached hydrogens (tertiary/aromatic N) is 1. The first-order valence-electron chi connectivity index (χ1n) is 7.56. The molecule has 1 aliphatic carbocycles. The zero-order valence-corrected chi connectivity index (χ0v) is 12.9. The zero-order chi connectivity index (χ0) is 18.0. The fourth-order valence-corrected chi connectivity index (χ4v) is 2.52. The molecule has 1 aliphatic rings. The Labute approximate surface area is 142 Å². The minimum absolute atomic E-state index is 0.280. The Morgan fingerprint density at radius 1 is 0.960 bits per heavy atom. The van der Waals surface area contributed by atoms with E-state index >= 15 is 0 Å². The van der Waals surface area contributed by atoms with Gasteiger partial charge in [-0.2, -0.15) is 5.26 Å². The second-order valence-corrected chi connectivity index (χ2v) is 5.68. The van der Waals surface area contributed by atoms with Crippen LogP contribution >= 0.6 is 0 Å². The number of nitrogens with one attached hydrogen (secondary N) is 2. The largest absolute Gasteiger partial charge is 0.325 e. The lowest BCUT2D eigenvalue weighted by Crippen LogP contribution is -2.21. The molecule has 0 saturated heterocycles. The van der Waals surface area contributed by atoms with Gasteiger partial charge in [0.1, 0.15) is 23.4 Å². The monoisotopic (exact) mass is 341 g/mol. The Kier molecular flexibility index (Phi) is 4.44. The van der Waals surface area contributed by atoms with Crippen LogP contribution in [0.15, 0.2) is 42.5 Å². The van der Waals surface area contributed by atoms with Crippen molar-refractivity contribution in [3.05, 3.63) is 59.7 Å². The van der Waals surface area contributed by atoms with Crippen molar-refractivity contribution in [2.45, 2.75) is 6.42 Å². The van der Waals surface area contributed by atoms with E-state index in [4.69, 9.17) is 5.26 Å². The normalized spacial score (nSPS) is 18.1. The fraction of sp³-hybridized carbons (Fsp3) is 0.167. The highest BCUT2D eigenvalue weighted by atomic mass is 19.1. The van der Waals surface area contributed by atoms with Crippen molar-refractivity contribution in [1.29, 1.82) is 5.26 Å². The molecule has 25 heavy (non-hydrogen) atoms. The first-order chi connectivity index (χ1) is 12.0. The van der Waals surface area contributed by atoms with Gasteiger partial charge in [-0.3, -0.25) is 9.59 Å². The first kappa shape index (κ1) is 16.6. The summed E-state index contributed by atoms with van der Waals surface area (Å²) in [5, 5.41) is 13.8. The summed E-state index contributed by atoms with van der Waals surface area (Å²) in [6.07, 6.45) is 0.280. The van der Waals surface area contributed by atoms with Crippen molar-refractivity contribution in [3.63, 3.8) is 0 Å². The third-order valence-electron chi connectivity index (χ3n) is 3.98. The molecule has 0 aromatic heterocycles. The molecule has 2 atom stereocenters. The molecule has 1 saturated carbocycles. The highest BCUT2D eigenvalue weighted by Crippen LogP contribution is 2.40. The summed E-state index contributed by atoms with van der Waals surface area (Å²) in [4.78, 5) is 24.3. The van der Waals surface area contributed by atoms with Gasteiger partial charge in [0.05, 0.1) is 23.1 Å². The van der Waals surface area contributed by atoms with Gasteiger partial charge in [-0.05, 0) is 30.7 Å². The highest BCUT2D eigenvalue weighted by molar-refractivity contribution is 6.03. The molecule has 5 nitrogen and oxygen atoms in total. The average Bonchev–Trinajstić information content (AvgIpc) is 3.39. The maximum absolute atomic E-state index is 13.6. The molecule has 0 radical (unpaired) electrons. The van der Waals surface area contributed by atoms with Crippen molar-refractivity contribution in [1.82, 2.24) is 0 Å². The molecule has 2 N–H and O–H groups in total. The van der Waals surface area contributed by atoms with Crippen LogP contribution in [0.1, 0.15) is 12.0 Å². The van der Waals surface area contributed by atoms with Gasteiger partial charge in [-0.25, -0.2) is 8.78 Å². The summed E-state index contributed by atoms with van der Waals surface area (Å²) in [6, 6.07) is 11.7. The number of carbonyl (C=O) groups excluding carboxylic acids is 2. The van der Waals surface area contributed by atoms with E-state index in [-0.39, 0.29) is 6.42 Å². The van der Waals surface area contributed by atoms with Crippen molar-refractivity contribution < 1.29 is 18.4 Å². The molecule has 2 aromatic rings. The first-order valence-corrected chi connectivity index (χ1v) is 7.56. The van der Waals surface area contributed by atoms with Crippen LogP contribution in [-0.2, 0) is 9.59 Å². The molecule has 2 unspecified atom stereocenters. The Balaban J connectivity index is 1.63. The number of benzene rings is 2. The maximum atomic E-state index is 13.6. The lowest BCUT2D eigenvalue weighted by atomic mass is 10.2. The van der Waals surface area contributed by atoms with Gasteiger partial charge >= 0.3 is 0 Å². The maximum Gasteiger partial charge on any atom is 0.228 e. The van der Waals surface area contributed by atoms with Gasteiger partial charge in [0.15, 0.2) is 0 Å². The van der Waals surface area contributed by atoms with E-state index in [0.717, 1.165) is 12.1 Å². The van der Waals surface area contributed by atoms with Crippen LogP contribution in [0.5, 0.6) is 0 Å². The molecular weight excluding hydrogens is 328 g/mol. The molecule has 2 aromatic carbocycles. The molecule has 0 heterocycles. The number of hydrogen-bond acceptors (Lipinski definition) is 3. The molecule has 2 amide bonds. The minimum atomic E-state index is -0.877. The summed E-state index contributed by atoms with van der Waals surface area (Å²) in [5.74, 6) is -4.03. The molecule has 0 aliphatic heterocycles. The number of halogens is 2. The SMILES string of the molecule is N#Cc1ccccc1NC(=O)C1CC1C(=O)Nc1c(F)cccc1F. The van der Waals surface area contributed by atoms with Gasteiger partial charge < -0.3 is 10.6 Å². The lowest BCUT2D eigenvalue weighted by molar-refractivity contribution is -0.122. The average molecular weight is 341 g/mol. The summed E-state index contributed by atoms with van der Waals surface area (Å²) in [7, 11) is 0. The number of anilines is 2.